The minimum atomic E-state index is -1.77. The van der Waals surface area contributed by atoms with Crippen molar-refractivity contribution in [3.05, 3.63) is 90.1 Å². The van der Waals surface area contributed by atoms with Crippen molar-refractivity contribution < 1.29 is 52.2 Å². The molecule has 0 spiro atoms. The number of rotatable bonds is 30. The molecular weight excluding hydrogens is 1010 g/mol. The summed E-state index contributed by atoms with van der Waals surface area (Å²) in [5, 5.41) is 20.8. The number of hydrogen-bond donors (Lipinski definition) is 12. The highest BCUT2D eigenvalue weighted by Gasteiger charge is 2.35. The number of aromatic amines is 2. The van der Waals surface area contributed by atoms with E-state index in [1.165, 1.54) is 19.4 Å². The second-order valence-corrected chi connectivity index (χ2v) is 21.6. The van der Waals surface area contributed by atoms with E-state index in [1.54, 1.807) is 26.1 Å². The third kappa shape index (κ3) is 18.7. The van der Waals surface area contributed by atoms with Crippen LogP contribution in [0.1, 0.15) is 83.5 Å². The zero-order valence-electron chi connectivity index (χ0n) is 43.8. The second-order valence-electron chi connectivity index (χ2n) is 19.9. The van der Waals surface area contributed by atoms with Crippen molar-refractivity contribution in [2.45, 2.75) is 134 Å². The smallest absolute Gasteiger partial charge is 0.243 e. The number of carbonyl (C=O) groups excluding carboxylic acids is 10. The van der Waals surface area contributed by atoms with E-state index in [0.29, 0.717) is 11.3 Å². The van der Waals surface area contributed by atoms with Gasteiger partial charge in [-0.1, -0.05) is 76.2 Å². The molecule has 1 saturated heterocycles. The number of fused-ring (bicyclic) bond motifs is 1. The van der Waals surface area contributed by atoms with Gasteiger partial charge in [0.1, 0.15) is 41.5 Å². The van der Waals surface area contributed by atoms with Gasteiger partial charge in [-0.2, -0.15) is 0 Å². The van der Waals surface area contributed by atoms with Gasteiger partial charge in [-0.05, 0) is 61.6 Å². The first-order chi connectivity index (χ1) is 36.6. The molecule has 0 aliphatic carbocycles. The van der Waals surface area contributed by atoms with Gasteiger partial charge in [-0.15, -0.1) is 0 Å². The molecule has 2 aromatic carbocycles. The SMILES string of the molecule is CC(C)C[C@H](C(N)=O)[S@@](=O)C[C@H](Cc1ccccc1)NC(=O)[C@H](Cc1cnc[nH]1)NC(=O)CNC(=O)[C@@H](NC(=O)[C@H](C)NC(=O)[C@H](Cc1c[nH]c2ccccc12)NC(=O)[C@H](CCC(N)=O)NC(=O)[C@@H]1CCC(=O)N1)C(C)C. The molecule has 1 aliphatic rings. The third-order valence-electron chi connectivity index (χ3n) is 12.8. The summed E-state index contributed by atoms with van der Waals surface area (Å²) in [6.45, 7) is 7.78. The fourth-order valence-electron chi connectivity index (χ4n) is 8.63. The number of amides is 10. The normalized spacial score (nSPS) is 16.4. The molecule has 9 atom stereocenters. The lowest BCUT2D eigenvalue weighted by atomic mass is 10.0. The van der Waals surface area contributed by atoms with Gasteiger partial charge >= 0.3 is 0 Å². The van der Waals surface area contributed by atoms with Crippen LogP contribution < -0.4 is 54.0 Å². The number of benzene rings is 2. The van der Waals surface area contributed by atoms with E-state index in [0.717, 1.165) is 16.5 Å². The summed E-state index contributed by atoms with van der Waals surface area (Å²) in [5.41, 5.74) is 13.7. The van der Waals surface area contributed by atoms with Crippen molar-refractivity contribution >= 4 is 80.8 Å². The van der Waals surface area contributed by atoms with Gasteiger partial charge in [0.25, 0.3) is 0 Å². The molecule has 0 saturated carbocycles. The van der Waals surface area contributed by atoms with Crippen LogP contribution in [-0.2, 0) is 78.0 Å². The van der Waals surface area contributed by atoms with Gasteiger partial charge in [0.05, 0.1) is 12.9 Å². The van der Waals surface area contributed by atoms with Gasteiger partial charge in [0, 0.05) is 77.3 Å². The highest BCUT2D eigenvalue weighted by Crippen LogP contribution is 2.20. The summed E-state index contributed by atoms with van der Waals surface area (Å²) in [6.07, 6.45) is 4.67. The van der Waals surface area contributed by atoms with E-state index < -0.39 is 124 Å². The molecule has 0 radical (unpaired) electrons. The summed E-state index contributed by atoms with van der Waals surface area (Å²) >= 11 is 0. The van der Waals surface area contributed by atoms with Crippen molar-refractivity contribution in [3.63, 3.8) is 0 Å². The van der Waals surface area contributed by atoms with Gasteiger partial charge in [-0.25, -0.2) is 4.98 Å². The number of nitrogens with zero attached hydrogens (tertiary/aromatic N) is 1. The van der Waals surface area contributed by atoms with Gasteiger partial charge < -0.3 is 64.0 Å². The van der Waals surface area contributed by atoms with Crippen molar-refractivity contribution in [2.24, 2.45) is 23.3 Å². The van der Waals surface area contributed by atoms with Crippen molar-refractivity contribution in [1.82, 2.24) is 57.5 Å². The minimum absolute atomic E-state index is 0.0164. The Morgan fingerprint density at radius 3 is 2.05 bits per heavy atom. The summed E-state index contributed by atoms with van der Waals surface area (Å²) in [4.78, 5) is 142. The number of nitrogens with one attached hydrogen (secondary N) is 10. The molecule has 0 bridgehead atoms. The number of aromatic nitrogens is 3. The number of nitrogens with two attached hydrogens (primary N) is 2. The molecule has 4 aromatic rings. The standard InChI is InChI=1S/C52H71N13O11S/c1-28(2)19-41(46(54)69)77(76)26-34(20-31-11-7-6-8-12-31)60-51(74)40(22-33-24-55-27-58-33)62-44(68)25-57-52(75)45(29(3)4)65-47(70)30(5)59-50(73)39(21-32-23-56-36-14-10-9-13-35(32)36)64-49(72)38(15-17-42(53)66)63-48(71)37-16-18-43(67)61-37/h6-14,23-24,27-30,34,37-41,45,56H,15-22,25-26H2,1-5H3,(H2,53,66)(H2,54,69)(H,55,58)(H,57,75)(H,59,73)(H,60,74)(H,61,67)(H,62,68)(H,63,71)(H,64,72)(H,65,70)/t30-,34-,37-,38-,39-,40-,41+,45-,77-/m0/s1. The Bertz CT molecular complexity index is 2750. The lowest BCUT2D eigenvalue weighted by molar-refractivity contribution is -0.135. The van der Waals surface area contributed by atoms with Crippen LogP contribution >= 0.6 is 0 Å². The lowest BCUT2D eigenvalue weighted by Crippen LogP contribution is -2.59. The maximum absolute atomic E-state index is 14.1. The molecule has 25 heteroatoms. The molecule has 24 nitrogen and oxygen atoms in total. The van der Waals surface area contributed by atoms with Crippen LogP contribution in [0.3, 0.4) is 0 Å². The molecule has 77 heavy (non-hydrogen) atoms. The van der Waals surface area contributed by atoms with E-state index in [4.69, 9.17) is 11.5 Å². The number of para-hydroxylation sites is 1. The molecular formula is C52H71N13O11S. The maximum atomic E-state index is 14.1. The first-order valence-electron chi connectivity index (χ1n) is 25.5. The molecule has 0 unspecified atom stereocenters. The second kappa shape index (κ2) is 28.8. The van der Waals surface area contributed by atoms with E-state index in [2.05, 4.69) is 57.5 Å². The molecule has 1 fully saturated rings. The molecule has 14 N–H and O–H groups in total. The Morgan fingerprint density at radius 2 is 1.42 bits per heavy atom. The molecule has 5 rings (SSSR count). The van der Waals surface area contributed by atoms with Crippen molar-refractivity contribution in [1.29, 1.82) is 0 Å². The largest absolute Gasteiger partial charge is 0.370 e. The number of H-pyrrole nitrogens is 2. The Labute approximate surface area is 448 Å². The molecule has 2 aromatic heterocycles. The number of carbonyl (C=O) groups is 10. The van der Waals surface area contributed by atoms with E-state index in [-0.39, 0.29) is 68.9 Å². The summed E-state index contributed by atoms with van der Waals surface area (Å²) in [6, 6.07) is 8.20. The average molecular weight is 1090 g/mol. The van der Waals surface area contributed by atoms with E-state index in [9.17, 15) is 52.2 Å². The Hall–Kier alpha value is -7.96. The fourth-order valence-corrected chi connectivity index (χ4v) is 10.3. The average Bonchev–Trinajstić information content (AvgIpc) is 4.17. The predicted octanol–water partition coefficient (Wildman–Crippen LogP) is -1.19. The highest BCUT2D eigenvalue weighted by atomic mass is 32.2. The first-order valence-corrected chi connectivity index (χ1v) is 26.9. The Balaban J connectivity index is 1.25. The van der Waals surface area contributed by atoms with Crippen molar-refractivity contribution in [3.8, 4) is 0 Å². The van der Waals surface area contributed by atoms with Crippen LogP contribution in [-0.4, -0.2) is 138 Å². The van der Waals surface area contributed by atoms with Crippen LogP contribution in [0.25, 0.3) is 10.9 Å². The summed E-state index contributed by atoms with van der Waals surface area (Å²) in [5.74, 6) is -7.75. The van der Waals surface area contributed by atoms with Gasteiger partial charge in [0.15, 0.2) is 0 Å². The van der Waals surface area contributed by atoms with Crippen LogP contribution in [0.5, 0.6) is 0 Å². The third-order valence-corrected chi connectivity index (χ3v) is 14.6. The Morgan fingerprint density at radius 1 is 0.740 bits per heavy atom. The monoisotopic (exact) mass is 1090 g/mol. The number of primary amides is 2. The fraction of sp³-hybridized carbons (Fsp3) is 0.481. The predicted molar refractivity (Wildman–Crippen MR) is 285 cm³/mol. The van der Waals surface area contributed by atoms with Crippen LogP contribution in [0, 0.1) is 11.8 Å². The minimum Gasteiger partial charge on any atom is -0.370 e. The lowest BCUT2D eigenvalue weighted by Gasteiger charge is -2.26. The maximum Gasteiger partial charge on any atom is 0.243 e. The van der Waals surface area contributed by atoms with Crippen molar-refractivity contribution in [2.75, 3.05) is 12.3 Å². The van der Waals surface area contributed by atoms with E-state index in [1.807, 2.05) is 62.4 Å². The van der Waals surface area contributed by atoms with Crippen LogP contribution in [0.2, 0.25) is 0 Å². The topological polar surface area (TPSA) is 381 Å². The zero-order chi connectivity index (χ0) is 56.3. The summed E-state index contributed by atoms with van der Waals surface area (Å²) in [7, 11) is -1.77. The highest BCUT2D eigenvalue weighted by molar-refractivity contribution is 7.86. The molecule has 416 valence electrons. The molecule has 10 amide bonds. The Kier molecular flexibility index (Phi) is 22.4. The van der Waals surface area contributed by atoms with Crippen LogP contribution in [0.4, 0.5) is 0 Å². The molecule has 3 heterocycles. The zero-order valence-corrected chi connectivity index (χ0v) is 44.6. The van der Waals surface area contributed by atoms with Gasteiger partial charge in [-0.3, -0.25) is 52.2 Å². The van der Waals surface area contributed by atoms with Crippen LogP contribution in [0.15, 0.2) is 73.3 Å². The quantitative estimate of drug-likeness (QED) is 0.0294. The summed E-state index contributed by atoms with van der Waals surface area (Å²) < 4.78 is 13.6. The number of hydrogen-bond acceptors (Lipinski definition) is 12. The number of imidazole rings is 1. The molecule has 1 aliphatic heterocycles. The van der Waals surface area contributed by atoms with E-state index >= 15 is 0 Å². The first kappa shape index (κ1) is 59.9. The van der Waals surface area contributed by atoms with Gasteiger partial charge in [0.2, 0.25) is 59.1 Å².